The summed E-state index contributed by atoms with van der Waals surface area (Å²) in [4.78, 5) is 36.9. The fourth-order valence-electron chi connectivity index (χ4n) is 3.59. The third-order valence-electron chi connectivity index (χ3n) is 5.13. The number of nitrogens with zero attached hydrogens (tertiary/aromatic N) is 1. The topological polar surface area (TPSA) is 116 Å². The molecule has 0 fully saturated rings. The normalized spacial score (nSPS) is 14.8. The number of aliphatic carboxylic acids is 1. The highest BCUT2D eigenvalue weighted by Crippen LogP contribution is 2.45. The summed E-state index contributed by atoms with van der Waals surface area (Å²) >= 11 is 6.69. The van der Waals surface area contributed by atoms with Gasteiger partial charge >= 0.3 is 11.9 Å². The van der Waals surface area contributed by atoms with Crippen molar-refractivity contribution in [1.82, 2.24) is 5.32 Å². The van der Waals surface area contributed by atoms with Crippen molar-refractivity contribution in [2.45, 2.75) is 58.6 Å². The summed E-state index contributed by atoms with van der Waals surface area (Å²) in [5.74, 6) is -1.88. The second-order valence-corrected chi connectivity index (χ2v) is 11.2. The van der Waals surface area contributed by atoms with E-state index in [1.807, 2.05) is 30.3 Å². The van der Waals surface area contributed by atoms with Crippen LogP contribution in [0.2, 0.25) is 0 Å². The summed E-state index contributed by atoms with van der Waals surface area (Å²) in [7, 11) is 0. The van der Waals surface area contributed by atoms with Crippen molar-refractivity contribution in [1.29, 1.82) is 5.26 Å². The van der Waals surface area contributed by atoms with Gasteiger partial charge < -0.3 is 15.2 Å². The van der Waals surface area contributed by atoms with Crippen molar-refractivity contribution < 1.29 is 24.2 Å². The first kappa shape index (κ1) is 28.6. The molecule has 180 valence electrons. The molecule has 0 saturated carbocycles. The van der Waals surface area contributed by atoms with Gasteiger partial charge in [-0.2, -0.15) is 5.26 Å². The zero-order valence-corrected chi connectivity index (χ0v) is 21.4. The third kappa shape index (κ3) is 8.78. The van der Waals surface area contributed by atoms with E-state index in [1.165, 1.54) is 0 Å². The van der Waals surface area contributed by atoms with Crippen LogP contribution in [-0.2, 0) is 19.1 Å². The lowest BCUT2D eigenvalue weighted by molar-refractivity contribution is -0.151. The first-order chi connectivity index (χ1) is 15.3. The Morgan fingerprint density at radius 1 is 1.15 bits per heavy atom. The zero-order chi connectivity index (χ0) is 25.3. The van der Waals surface area contributed by atoms with Crippen LogP contribution in [0.15, 0.2) is 30.3 Å². The molecule has 1 rings (SSSR count). The van der Waals surface area contributed by atoms with Crippen LogP contribution in [0.25, 0.3) is 0 Å². The minimum Gasteiger partial charge on any atom is -0.481 e. The Bertz CT molecular complexity index is 913. The highest BCUT2D eigenvalue weighted by Gasteiger charge is 2.48. The van der Waals surface area contributed by atoms with E-state index < -0.39 is 27.5 Å². The van der Waals surface area contributed by atoms with Crippen LogP contribution in [0.4, 0.5) is 0 Å². The number of benzene rings is 1. The lowest BCUT2D eigenvalue weighted by atomic mass is 9.70. The van der Waals surface area contributed by atoms with Gasteiger partial charge in [-0.25, -0.2) is 0 Å². The molecule has 0 aliphatic carbocycles. The molecule has 0 radical (unpaired) electrons. The summed E-state index contributed by atoms with van der Waals surface area (Å²) < 4.78 is 4.21. The van der Waals surface area contributed by atoms with E-state index in [0.29, 0.717) is 4.20 Å². The standard InChI is InChI=1S/C24H32N2O5S2/c1-6-18(27)31-13-12-26-20(28)24(5,33-19(32)17-10-8-7-9-11-17)15-23(4,21(29)30)14-22(2,3)16-25/h7-11H,6,12-15H2,1-5H3,(H,26,28)(H,29,30). The minimum absolute atomic E-state index is 0.0138. The minimum atomic E-state index is -1.36. The van der Waals surface area contributed by atoms with Crippen LogP contribution >= 0.6 is 24.0 Å². The first-order valence-corrected chi connectivity index (χ1v) is 11.9. The van der Waals surface area contributed by atoms with Crippen LogP contribution in [0.5, 0.6) is 0 Å². The van der Waals surface area contributed by atoms with E-state index in [2.05, 4.69) is 11.4 Å². The Hall–Kier alpha value is -2.44. The molecule has 0 spiro atoms. The largest absolute Gasteiger partial charge is 0.481 e. The van der Waals surface area contributed by atoms with Gasteiger partial charge in [0.25, 0.3) is 0 Å². The van der Waals surface area contributed by atoms with E-state index in [0.717, 1.165) is 17.3 Å². The van der Waals surface area contributed by atoms with Crippen LogP contribution in [0.1, 0.15) is 59.4 Å². The van der Waals surface area contributed by atoms with E-state index in [-0.39, 0.29) is 38.4 Å². The Kier molecular flexibility index (Phi) is 10.5. The monoisotopic (exact) mass is 492 g/mol. The number of thioether (sulfide) groups is 1. The summed E-state index contributed by atoms with van der Waals surface area (Å²) in [6.07, 6.45) is 0.235. The molecule has 1 amide bonds. The lowest BCUT2D eigenvalue weighted by Crippen LogP contribution is -2.49. The van der Waals surface area contributed by atoms with Crippen molar-refractivity contribution in [2.24, 2.45) is 10.8 Å². The van der Waals surface area contributed by atoms with Crippen LogP contribution < -0.4 is 5.32 Å². The van der Waals surface area contributed by atoms with E-state index >= 15 is 0 Å². The summed E-state index contributed by atoms with van der Waals surface area (Å²) in [5.41, 5.74) is -1.51. The molecule has 0 aliphatic heterocycles. The van der Waals surface area contributed by atoms with Crippen molar-refractivity contribution >= 4 is 46.0 Å². The summed E-state index contributed by atoms with van der Waals surface area (Å²) in [6.45, 7) is 8.34. The van der Waals surface area contributed by atoms with Gasteiger partial charge in [-0.3, -0.25) is 14.4 Å². The Morgan fingerprint density at radius 3 is 2.27 bits per heavy atom. The van der Waals surface area contributed by atoms with Gasteiger partial charge in [0.05, 0.1) is 32.4 Å². The molecule has 0 saturated heterocycles. The van der Waals surface area contributed by atoms with Gasteiger partial charge in [0.15, 0.2) is 0 Å². The molecule has 2 N–H and O–H groups in total. The van der Waals surface area contributed by atoms with Gasteiger partial charge in [0.1, 0.15) is 6.61 Å². The summed E-state index contributed by atoms with van der Waals surface area (Å²) in [6, 6.07) is 11.3. The number of carboxylic acids is 1. The summed E-state index contributed by atoms with van der Waals surface area (Å²) in [5, 5.41) is 22.3. The maximum Gasteiger partial charge on any atom is 0.309 e. The second kappa shape index (κ2) is 12.1. The molecule has 0 aliphatic rings. The molecule has 0 bridgehead atoms. The number of ether oxygens (including phenoxy) is 1. The van der Waals surface area contributed by atoms with Crippen LogP contribution in [-0.4, -0.2) is 45.0 Å². The van der Waals surface area contributed by atoms with Crippen molar-refractivity contribution in [3.63, 3.8) is 0 Å². The van der Waals surface area contributed by atoms with E-state index in [1.54, 1.807) is 34.6 Å². The molecule has 7 nitrogen and oxygen atoms in total. The Morgan fingerprint density at radius 2 is 1.76 bits per heavy atom. The number of nitrogens with one attached hydrogen (secondary N) is 1. The van der Waals surface area contributed by atoms with Crippen molar-refractivity contribution in [2.75, 3.05) is 13.2 Å². The molecule has 2 unspecified atom stereocenters. The average Bonchev–Trinajstić information content (AvgIpc) is 2.76. The molecule has 2 atom stereocenters. The first-order valence-electron chi connectivity index (χ1n) is 10.7. The number of carbonyl (C=O) groups is 3. The molecule has 1 aromatic carbocycles. The number of nitriles is 1. The van der Waals surface area contributed by atoms with Gasteiger partial charge in [-0.15, -0.1) is 0 Å². The number of hydrogen-bond acceptors (Lipinski definition) is 7. The quantitative estimate of drug-likeness (QED) is 0.251. The van der Waals surface area contributed by atoms with E-state index in [4.69, 9.17) is 17.0 Å². The molecule has 1 aromatic rings. The molecular formula is C24H32N2O5S2. The predicted octanol–water partition coefficient (Wildman–Crippen LogP) is 4.34. The highest BCUT2D eigenvalue weighted by atomic mass is 32.2. The SMILES string of the molecule is CCC(=O)OCCNC(=O)C(C)(CC(C)(CC(C)(C)C#N)C(=O)O)SC(=S)c1ccccc1. The fraction of sp³-hybridized carbons (Fsp3) is 0.542. The maximum atomic E-state index is 13.3. The van der Waals surface area contributed by atoms with Gasteiger partial charge in [0, 0.05) is 6.42 Å². The number of carbonyl (C=O) groups excluding carboxylic acids is 2. The number of esters is 1. The number of thiocarbonyl (C=S) groups is 1. The number of carboxylic acid groups (broad SMARTS) is 1. The van der Waals surface area contributed by atoms with Crippen molar-refractivity contribution in [3.8, 4) is 6.07 Å². The van der Waals surface area contributed by atoms with E-state index in [9.17, 15) is 24.8 Å². The second-order valence-electron chi connectivity index (χ2n) is 9.03. The lowest BCUT2D eigenvalue weighted by Gasteiger charge is -2.38. The van der Waals surface area contributed by atoms with Crippen molar-refractivity contribution in [3.05, 3.63) is 35.9 Å². The number of amides is 1. The smallest absolute Gasteiger partial charge is 0.309 e. The average molecular weight is 493 g/mol. The zero-order valence-electron chi connectivity index (χ0n) is 19.8. The highest BCUT2D eigenvalue weighted by molar-refractivity contribution is 8.25. The number of hydrogen-bond donors (Lipinski definition) is 2. The maximum absolute atomic E-state index is 13.3. The van der Waals surface area contributed by atoms with Crippen LogP contribution in [0.3, 0.4) is 0 Å². The Balaban J connectivity index is 3.20. The molecule has 0 heterocycles. The van der Waals surface area contributed by atoms with Gasteiger partial charge in [-0.05, 0) is 46.1 Å². The Labute approximate surface area is 205 Å². The fourth-order valence-corrected chi connectivity index (χ4v) is 5.50. The molecule has 33 heavy (non-hydrogen) atoms. The third-order valence-corrected chi connectivity index (χ3v) is 6.81. The molecule has 9 heteroatoms. The predicted molar refractivity (Wildman–Crippen MR) is 133 cm³/mol. The van der Waals surface area contributed by atoms with Gasteiger partial charge in [-0.1, -0.05) is 61.2 Å². The van der Waals surface area contributed by atoms with Crippen LogP contribution in [0, 0.1) is 22.2 Å². The molecule has 0 aromatic heterocycles. The number of rotatable bonds is 12. The van der Waals surface area contributed by atoms with Gasteiger partial charge in [0.2, 0.25) is 5.91 Å². The molecular weight excluding hydrogens is 460 g/mol.